The van der Waals surface area contributed by atoms with Gasteiger partial charge in [-0.2, -0.15) is 0 Å². The summed E-state index contributed by atoms with van der Waals surface area (Å²) in [6.45, 7) is 1.29. The molecule has 2 N–H and O–H groups in total. The molecule has 0 aromatic heterocycles. The van der Waals surface area contributed by atoms with Crippen LogP contribution in [0.5, 0.6) is 0 Å². The van der Waals surface area contributed by atoms with E-state index in [2.05, 4.69) is 15.6 Å². The lowest BCUT2D eigenvalue weighted by Gasteiger charge is -1.97. The molecule has 2 rings (SSSR count). The fraction of sp³-hybridized carbons (Fsp3) is 0.0833. The minimum absolute atomic E-state index is 0.0409. The van der Waals surface area contributed by atoms with Crippen molar-refractivity contribution in [2.45, 2.75) is 6.92 Å². The molecule has 0 fully saturated rings. The fourth-order valence-electron chi connectivity index (χ4n) is 1.58. The highest BCUT2D eigenvalue weighted by molar-refractivity contribution is 6.16. The van der Waals surface area contributed by atoms with Crippen LogP contribution in [0, 0.1) is 10.1 Å². The Balaban J connectivity index is 2.28. The largest absolute Gasteiger partial charge is 0.296 e. The Bertz CT molecular complexity index is 663. The number of carbonyl (C=O) groups excluding carboxylic acids is 2. The minimum Gasteiger partial charge on any atom is -0.296 e. The summed E-state index contributed by atoms with van der Waals surface area (Å²) >= 11 is 0. The average Bonchev–Trinajstić information content (AvgIpc) is 2.69. The first kappa shape index (κ1) is 13.4. The molecule has 102 valence electrons. The predicted octanol–water partition coefficient (Wildman–Crippen LogP) is 0.558. The van der Waals surface area contributed by atoms with Crippen LogP contribution in [0.4, 0.5) is 5.69 Å². The van der Waals surface area contributed by atoms with Gasteiger partial charge in [-0.3, -0.25) is 30.3 Å². The van der Waals surface area contributed by atoms with Gasteiger partial charge in [-0.25, -0.2) is 4.99 Å². The molecule has 0 radical (unpaired) electrons. The molecule has 0 aliphatic carbocycles. The van der Waals surface area contributed by atoms with Crippen LogP contribution in [0.3, 0.4) is 0 Å². The monoisotopic (exact) mass is 274 g/mol. The quantitative estimate of drug-likeness (QED) is 0.466. The van der Waals surface area contributed by atoms with Crippen LogP contribution in [-0.4, -0.2) is 22.7 Å². The van der Waals surface area contributed by atoms with Crippen molar-refractivity contribution in [1.29, 1.82) is 0 Å². The minimum atomic E-state index is -0.525. The molecule has 0 bridgehead atoms. The number of aliphatic imine (C=N–C) groups is 1. The van der Waals surface area contributed by atoms with Gasteiger partial charge in [-0.05, 0) is 11.6 Å². The lowest BCUT2D eigenvalue weighted by molar-refractivity contribution is -0.384. The van der Waals surface area contributed by atoms with Gasteiger partial charge in [0.1, 0.15) is 5.70 Å². The smallest absolute Gasteiger partial charge is 0.276 e. The Morgan fingerprint density at radius 1 is 1.50 bits per heavy atom. The molecule has 0 saturated heterocycles. The number of nitro groups is 1. The second-order valence-electron chi connectivity index (χ2n) is 3.98. The molecular formula is C12H10N4O4. The zero-order valence-corrected chi connectivity index (χ0v) is 10.4. The van der Waals surface area contributed by atoms with Crippen molar-refractivity contribution in [1.82, 2.24) is 10.6 Å². The molecule has 0 unspecified atom stereocenters. The Morgan fingerprint density at radius 2 is 2.25 bits per heavy atom. The van der Waals surface area contributed by atoms with Crippen molar-refractivity contribution in [2.75, 3.05) is 0 Å². The summed E-state index contributed by atoms with van der Waals surface area (Å²) in [5, 5.41) is 15.4. The Kier molecular flexibility index (Phi) is 3.56. The van der Waals surface area contributed by atoms with Crippen LogP contribution in [0.15, 0.2) is 35.0 Å². The van der Waals surface area contributed by atoms with Crippen molar-refractivity contribution < 1.29 is 14.5 Å². The van der Waals surface area contributed by atoms with E-state index >= 15 is 0 Å². The molecule has 0 spiro atoms. The van der Waals surface area contributed by atoms with Crippen molar-refractivity contribution >= 4 is 29.5 Å². The molecule has 1 aromatic rings. The van der Waals surface area contributed by atoms with Gasteiger partial charge >= 0.3 is 0 Å². The van der Waals surface area contributed by atoms with E-state index in [9.17, 15) is 19.7 Å². The zero-order valence-electron chi connectivity index (χ0n) is 10.4. The highest BCUT2D eigenvalue weighted by Gasteiger charge is 2.20. The fourth-order valence-corrected chi connectivity index (χ4v) is 1.58. The first-order valence-corrected chi connectivity index (χ1v) is 5.59. The molecule has 8 heteroatoms. The first-order valence-electron chi connectivity index (χ1n) is 5.59. The van der Waals surface area contributed by atoms with E-state index in [1.807, 2.05) is 0 Å². The van der Waals surface area contributed by atoms with Gasteiger partial charge in [0, 0.05) is 19.1 Å². The predicted molar refractivity (Wildman–Crippen MR) is 70.5 cm³/mol. The Hall–Kier alpha value is -3.03. The zero-order chi connectivity index (χ0) is 14.7. The number of non-ortho nitro benzene ring substituents is 1. The molecular weight excluding hydrogens is 264 g/mol. The number of nitro benzene ring substituents is 1. The van der Waals surface area contributed by atoms with Crippen LogP contribution in [0.2, 0.25) is 0 Å². The van der Waals surface area contributed by atoms with Crippen LogP contribution in [0.25, 0.3) is 6.08 Å². The third kappa shape index (κ3) is 3.05. The third-order valence-electron chi connectivity index (χ3n) is 2.38. The van der Waals surface area contributed by atoms with Gasteiger partial charge in [0.25, 0.3) is 11.6 Å². The number of hydrogen-bond acceptors (Lipinski definition) is 5. The first-order chi connectivity index (χ1) is 9.45. The van der Waals surface area contributed by atoms with Crippen LogP contribution >= 0.6 is 0 Å². The van der Waals surface area contributed by atoms with Gasteiger partial charge < -0.3 is 0 Å². The summed E-state index contributed by atoms with van der Waals surface area (Å²) in [4.78, 5) is 36.5. The molecule has 1 aliphatic rings. The number of nitrogens with zero attached hydrogens (tertiary/aromatic N) is 2. The number of amides is 2. The molecule has 2 amide bonds. The summed E-state index contributed by atoms with van der Waals surface area (Å²) in [5.41, 5.74) is 0.454. The van der Waals surface area contributed by atoms with Gasteiger partial charge in [0.2, 0.25) is 11.9 Å². The Morgan fingerprint density at radius 3 is 2.90 bits per heavy atom. The van der Waals surface area contributed by atoms with Crippen molar-refractivity contribution in [3.63, 3.8) is 0 Å². The SMILES string of the molecule is CC(=O)NC1=N/C(=C/c2cccc([N+](=O)[O-])c2)C(=O)N1. The highest BCUT2D eigenvalue weighted by atomic mass is 16.6. The van der Waals surface area contributed by atoms with Gasteiger partial charge in [-0.1, -0.05) is 12.1 Å². The van der Waals surface area contributed by atoms with Gasteiger partial charge in [-0.15, -0.1) is 0 Å². The van der Waals surface area contributed by atoms with E-state index in [1.165, 1.54) is 31.2 Å². The second-order valence-corrected chi connectivity index (χ2v) is 3.98. The lowest BCUT2D eigenvalue weighted by Crippen LogP contribution is -2.38. The maximum Gasteiger partial charge on any atom is 0.276 e. The number of benzene rings is 1. The van der Waals surface area contributed by atoms with Crippen LogP contribution in [0.1, 0.15) is 12.5 Å². The summed E-state index contributed by atoms with van der Waals surface area (Å²) in [5.74, 6) is -0.805. The summed E-state index contributed by atoms with van der Waals surface area (Å²) in [7, 11) is 0. The van der Waals surface area contributed by atoms with Crippen molar-refractivity contribution in [3.8, 4) is 0 Å². The molecule has 0 saturated carbocycles. The normalized spacial score (nSPS) is 15.8. The van der Waals surface area contributed by atoms with Gasteiger partial charge in [0.15, 0.2) is 0 Å². The standard InChI is InChI=1S/C12H10N4O4/c1-7(17)13-12-14-10(11(18)15-12)6-8-3-2-4-9(5-8)16(19)20/h2-6H,1H3,(H2,13,14,15,17,18)/b10-6+. The summed E-state index contributed by atoms with van der Waals surface area (Å²) < 4.78 is 0. The number of carbonyl (C=O) groups is 2. The number of nitrogens with one attached hydrogen (secondary N) is 2. The van der Waals surface area contributed by atoms with E-state index in [4.69, 9.17) is 0 Å². The average molecular weight is 274 g/mol. The summed E-state index contributed by atoms with van der Waals surface area (Å²) in [6.07, 6.45) is 1.40. The number of hydrogen-bond donors (Lipinski definition) is 2. The van der Waals surface area contributed by atoms with E-state index < -0.39 is 10.8 Å². The maximum absolute atomic E-state index is 11.6. The van der Waals surface area contributed by atoms with Crippen molar-refractivity contribution in [2.24, 2.45) is 4.99 Å². The van der Waals surface area contributed by atoms with E-state index in [0.29, 0.717) is 5.56 Å². The van der Waals surface area contributed by atoms with Crippen molar-refractivity contribution in [3.05, 3.63) is 45.6 Å². The topological polar surface area (TPSA) is 114 Å². The number of guanidine groups is 1. The third-order valence-corrected chi connectivity index (χ3v) is 2.38. The molecule has 20 heavy (non-hydrogen) atoms. The molecule has 1 aliphatic heterocycles. The van der Waals surface area contributed by atoms with Gasteiger partial charge in [0.05, 0.1) is 4.92 Å². The van der Waals surface area contributed by atoms with E-state index in [-0.39, 0.29) is 23.3 Å². The van der Waals surface area contributed by atoms with Crippen LogP contribution < -0.4 is 10.6 Å². The maximum atomic E-state index is 11.6. The molecule has 1 aromatic carbocycles. The van der Waals surface area contributed by atoms with Crippen LogP contribution in [-0.2, 0) is 9.59 Å². The Labute approximate surface area is 113 Å². The molecule has 1 heterocycles. The second kappa shape index (κ2) is 5.31. The van der Waals surface area contributed by atoms with E-state index in [1.54, 1.807) is 6.07 Å². The lowest BCUT2D eigenvalue weighted by atomic mass is 10.1. The molecule has 0 atom stereocenters. The summed E-state index contributed by atoms with van der Waals surface area (Å²) in [6, 6.07) is 5.80. The number of rotatable bonds is 2. The molecule has 8 nitrogen and oxygen atoms in total. The van der Waals surface area contributed by atoms with E-state index in [0.717, 1.165) is 0 Å². The highest BCUT2D eigenvalue weighted by Crippen LogP contribution is 2.17.